The lowest BCUT2D eigenvalue weighted by atomic mass is 10.2. The first kappa shape index (κ1) is 21.2. The van der Waals surface area contributed by atoms with Crippen molar-refractivity contribution >= 4 is 23.2 Å². The van der Waals surface area contributed by atoms with Crippen LogP contribution in [0.5, 0.6) is 0 Å². The van der Waals surface area contributed by atoms with E-state index < -0.39 is 0 Å². The maximum absolute atomic E-state index is 6.35. The van der Waals surface area contributed by atoms with E-state index in [9.17, 15) is 0 Å². The molecular formula is C21H35ClN6. The van der Waals surface area contributed by atoms with Gasteiger partial charge in [-0.05, 0) is 51.7 Å². The predicted octanol–water partition coefficient (Wildman–Crippen LogP) is 2.07. The molecule has 3 rings (SSSR count). The summed E-state index contributed by atoms with van der Waals surface area (Å²) in [6, 6.07) is 8.10. The Morgan fingerprint density at radius 2 is 1.82 bits per heavy atom. The highest BCUT2D eigenvalue weighted by molar-refractivity contribution is 6.33. The molecule has 0 bridgehead atoms. The van der Waals surface area contributed by atoms with Gasteiger partial charge in [-0.1, -0.05) is 23.7 Å². The number of hydrogen-bond acceptors (Lipinski definition) is 4. The lowest BCUT2D eigenvalue weighted by Crippen LogP contribution is -2.52. The molecule has 6 nitrogen and oxygen atoms in total. The number of rotatable bonds is 5. The summed E-state index contributed by atoms with van der Waals surface area (Å²) in [5.41, 5.74) is 1.13. The predicted molar refractivity (Wildman–Crippen MR) is 120 cm³/mol. The van der Waals surface area contributed by atoms with Crippen molar-refractivity contribution in [3.63, 3.8) is 0 Å². The Bertz CT molecular complexity index is 629. The Morgan fingerprint density at radius 1 is 1.04 bits per heavy atom. The van der Waals surface area contributed by atoms with Gasteiger partial charge in [0.1, 0.15) is 0 Å². The third-order valence-corrected chi connectivity index (χ3v) is 6.05. The molecule has 1 aromatic carbocycles. The van der Waals surface area contributed by atoms with Crippen molar-refractivity contribution in [2.24, 2.45) is 4.99 Å². The van der Waals surface area contributed by atoms with Crippen molar-refractivity contribution in [3.8, 4) is 0 Å². The molecule has 0 aromatic heterocycles. The van der Waals surface area contributed by atoms with Gasteiger partial charge >= 0.3 is 0 Å². The summed E-state index contributed by atoms with van der Waals surface area (Å²) in [5, 5.41) is 4.39. The average Bonchev–Trinajstić information content (AvgIpc) is 2.93. The molecule has 2 saturated heterocycles. The number of nitrogens with zero attached hydrogens (tertiary/aromatic N) is 5. The molecule has 0 unspecified atom stereocenters. The van der Waals surface area contributed by atoms with Crippen LogP contribution in [0.4, 0.5) is 5.69 Å². The minimum absolute atomic E-state index is 0.832. The standard InChI is InChI=1S/C21H35ClN6/c1-23-21(24-9-5-11-26-12-6-10-25(2)13-14-26)28-17-15-27(16-18-28)20-8-4-3-7-19(20)22/h3-4,7-8H,5-6,9-18H2,1-2H3,(H,23,24). The molecule has 0 saturated carbocycles. The summed E-state index contributed by atoms with van der Waals surface area (Å²) in [6.45, 7) is 10.8. The van der Waals surface area contributed by atoms with Crippen LogP contribution in [0.1, 0.15) is 12.8 Å². The zero-order valence-electron chi connectivity index (χ0n) is 17.4. The largest absolute Gasteiger partial charge is 0.367 e. The van der Waals surface area contributed by atoms with Crippen molar-refractivity contribution in [1.82, 2.24) is 20.0 Å². The van der Waals surface area contributed by atoms with Crippen LogP contribution >= 0.6 is 11.6 Å². The average molecular weight is 407 g/mol. The van der Waals surface area contributed by atoms with Gasteiger partial charge in [-0.15, -0.1) is 0 Å². The van der Waals surface area contributed by atoms with E-state index in [4.69, 9.17) is 11.6 Å². The smallest absolute Gasteiger partial charge is 0.193 e. The first-order chi connectivity index (χ1) is 13.7. The Morgan fingerprint density at radius 3 is 2.57 bits per heavy atom. The van der Waals surface area contributed by atoms with Crippen molar-refractivity contribution in [2.45, 2.75) is 12.8 Å². The molecule has 0 spiro atoms. The molecule has 0 atom stereocenters. The van der Waals surface area contributed by atoms with Crippen LogP contribution in [-0.4, -0.2) is 100 Å². The number of benzene rings is 1. The zero-order valence-corrected chi connectivity index (χ0v) is 18.2. The molecule has 0 aliphatic carbocycles. The maximum atomic E-state index is 6.35. The Hall–Kier alpha value is -1.50. The topological polar surface area (TPSA) is 37.4 Å². The highest BCUT2D eigenvalue weighted by Crippen LogP contribution is 2.25. The van der Waals surface area contributed by atoms with Crippen LogP contribution in [0, 0.1) is 0 Å². The van der Waals surface area contributed by atoms with Gasteiger partial charge < -0.3 is 24.9 Å². The van der Waals surface area contributed by atoms with E-state index in [0.717, 1.165) is 62.4 Å². The number of piperazine rings is 1. The quantitative estimate of drug-likeness (QED) is 0.460. The number of nitrogens with one attached hydrogen (secondary N) is 1. The first-order valence-corrected chi connectivity index (χ1v) is 10.9. The fourth-order valence-electron chi connectivity index (χ4n) is 4.03. The third kappa shape index (κ3) is 6.00. The van der Waals surface area contributed by atoms with Crippen molar-refractivity contribution in [2.75, 3.05) is 84.4 Å². The summed E-state index contributed by atoms with van der Waals surface area (Å²) in [6.07, 6.45) is 2.43. The van der Waals surface area contributed by atoms with Crippen LogP contribution in [0.15, 0.2) is 29.3 Å². The van der Waals surface area contributed by atoms with Crippen LogP contribution in [0.3, 0.4) is 0 Å². The summed E-state index contributed by atoms with van der Waals surface area (Å²) in [7, 11) is 4.11. The fraction of sp³-hybridized carbons (Fsp3) is 0.667. The van der Waals surface area contributed by atoms with Crippen LogP contribution in [-0.2, 0) is 0 Å². The summed E-state index contributed by atoms with van der Waals surface area (Å²) in [4.78, 5) is 14.2. The van der Waals surface area contributed by atoms with Gasteiger partial charge in [0.25, 0.3) is 0 Å². The zero-order chi connectivity index (χ0) is 19.8. The summed E-state index contributed by atoms with van der Waals surface area (Å²) >= 11 is 6.35. The molecule has 7 heteroatoms. The second-order valence-electron chi connectivity index (χ2n) is 7.75. The molecule has 2 fully saturated rings. The normalized spacial score (nSPS) is 20.3. The van der Waals surface area contributed by atoms with Gasteiger partial charge in [0.15, 0.2) is 5.96 Å². The highest BCUT2D eigenvalue weighted by atomic mass is 35.5. The van der Waals surface area contributed by atoms with E-state index in [-0.39, 0.29) is 0 Å². The number of aliphatic imine (C=N–C) groups is 1. The molecule has 0 radical (unpaired) electrons. The lowest BCUT2D eigenvalue weighted by molar-refractivity contribution is 0.273. The van der Waals surface area contributed by atoms with Gasteiger partial charge in [0.2, 0.25) is 0 Å². The van der Waals surface area contributed by atoms with Gasteiger partial charge in [-0.25, -0.2) is 0 Å². The van der Waals surface area contributed by atoms with E-state index in [1.54, 1.807) is 0 Å². The van der Waals surface area contributed by atoms with Gasteiger partial charge in [0, 0.05) is 52.9 Å². The number of halogens is 1. The van der Waals surface area contributed by atoms with Crippen LogP contribution < -0.4 is 10.2 Å². The number of anilines is 1. The first-order valence-electron chi connectivity index (χ1n) is 10.5. The van der Waals surface area contributed by atoms with Gasteiger partial charge in [-0.3, -0.25) is 4.99 Å². The third-order valence-electron chi connectivity index (χ3n) is 5.73. The SMILES string of the molecule is CN=C(NCCCN1CCCN(C)CC1)N1CCN(c2ccccc2Cl)CC1. The Labute approximate surface area is 175 Å². The van der Waals surface area contributed by atoms with Crippen LogP contribution in [0.25, 0.3) is 0 Å². The Kier molecular flexibility index (Phi) is 8.25. The van der Waals surface area contributed by atoms with E-state index in [1.165, 1.54) is 32.6 Å². The molecular weight excluding hydrogens is 372 g/mol. The molecule has 2 aliphatic rings. The second-order valence-corrected chi connectivity index (χ2v) is 8.16. The summed E-state index contributed by atoms with van der Waals surface area (Å²) < 4.78 is 0. The minimum atomic E-state index is 0.832. The highest BCUT2D eigenvalue weighted by Gasteiger charge is 2.21. The van der Waals surface area contributed by atoms with E-state index >= 15 is 0 Å². The monoisotopic (exact) mass is 406 g/mol. The van der Waals surface area contributed by atoms with E-state index in [2.05, 4.69) is 49.1 Å². The number of hydrogen-bond donors (Lipinski definition) is 1. The molecule has 1 aromatic rings. The molecule has 2 aliphatic heterocycles. The fourth-order valence-corrected chi connectivity index (χ4v) is 4.28. The lowest BCUT2D eigenvalue weighted by Gasteiger charge is -2.38. The van der Waals surface area contributed by atoms with Gasteiger partial charge in [0.05, 0.1) is 10.7 Å². The molecule has 28 heavy (non-hydrogen) atoms. The number of likely N-dealkylation sites (N-methyl/N-ethyl adjacent to an activating group) is 1. The van der Waals surface area contributed by atoms with E-state index in [1.807, 2.05) is 19.2 Å². The second kappa shape index (κ2) is 10.9. The Balaban J connectivity index is 1.38. The molecule has 2 heterocycles. The van der Waals surface area contributed by atoms with Crippen LogP contribution in [0.2, 0.25) is 5.02 Å². The molecule has 0 amide bonds. The van der Waals surface area contributed by atoms with Crippen molar-refractivity contribution in [3.05, 3.63) is 29.3 Å². The minimum Gasteiger partial charge on any atom is -0.367 e. The van der Waals surface area contributed by atoms with Crippen molar-refractivity contribution < 1.29 is 0 Å². The summed E-state index contributed by atoms with van der Waals surface area (Å²) in [5.74, 6) is 1.02. The molecule has 156 valence electrons. The molecule has 1 N–H and O–H groups in total. The number of para-hydroxylation sites is 1. The van der Waals surface area contributed by atoms with E-state index in [0.29, 0.717) is 0 Å². The van der Waals surface area contributed by atoms with Crippen molar-refractivity contribution in [1.29, 1.82) is 0 Å². The maximum Gasteiger partial charge on any atom is 0.193 e. The number of guanidine groups is 1. The van der Waals surface area contributed by atoms with Gasteiger partial charge in [-0.2, -0.15) is 0 Å².